The molecule has 0 spiro atoms. The maximum atomic E-state index is 12.2. The summed E-state index contributed by atoms with van der Waals surface area (Å²) in [7, 11) is 0. The van der Waals surface area contributed by atoms with Gasteiger partial charge in [0.05, 0.1) is 0 Å². The molecule has 0 rings (SSSR count). The lowest BCUT2D eigenvalue weighted by molar-refractivity contribution is -0.242. The molecule has 6 heteroatoms. The zero-order valence-electron chi connectivity index (χ0n) is 16.6. The van der Waals surface area contributed by atoms with Crippen molar-refractivity contribution in [3.63, 3.8) is 0 Å². The highest BCUT2D eigenvalue weighted by atomic mass is 16.8. The van der Waals surface area contributed by atoms with Crippen LogP contribution in [0.1, 0.15) is 48.5 Å². The highest BCUT2D eigenvalue weighted by Gasteiger charge is 2.49. The molecule has 0 aromatic heterocycles. The van der Waals surface area contributed by atoms with Gasteiger partial charge in [0.2, 0.25) is 0 Å². The van der Waals surface area contributed by atoms with Gasteiger partial charge < -0.3 is 14.2 Å². The van der Waals surface area contributed by atoms with Gasteiger partial charge in [-0.25, -0.2) is 14.4 Å². The highest BCUT2D eigenvalue weighted by molar-refractivity contribution is 5.90. The lowest BCUT2D eigenvalue weighted by atomic mass is 9.97. The minimum Gasteiger partial charge on any atom is -0.451 e. The number of rotatable bonds is 8. The van der Waals surface area contributed by atoms with Crippen molar-refractivity contribution < 1.29 is 28.6 Å². The Bertz CT molecular complexity index is 648. The van der Waals surface area contributed by atoms with E-state index in [1.165, 1.54) is 27.7 Å². The van der Waals surface area contributed by atoms with Crippen LogP contribution in [0.4, 0.5) is 0 Å². The number of ether oxygens (including phenoxy) is 3. The largest absolute Gasteiger partial charge is 0.451 e. The maximum absolute atomic E-state index is 12.2. The zero-order chi connectivity index (χ0) is 20.8. The lowest BCUT2D eigenvalue weighted by Gasteiger charge is -2.38. The lowest BCUT2D eigenvalue weighted by Crippen LogP contribution is -2.52. The molecule has 0 saturated heterocycles. The van der Waals surface area contributed by atoms with Gasteiger partial charge in [-0.2, -0.15) is 0 Å². The molecule has 1 unspecified atom stereocenters. The summed E-state index contributed by atoms with van der Waals surface area (Å²) < 4.78 is 16.3. The first-order valence-electron chi connectivity index (χ1n) is 8.05. The topological polar surface area (TPSA) is 78.9 Å². The average Bonchev–Trinajstić information content (AvgIpc) is 2.52. The van der Waals surface area contributed by atoms with Crippen molar-refractivity contribution >= 4 is 17.9 Å². The highest BCUT2D eigenvalue weighted by Crippen LogP contribution is 2.33. The van der Waals surface area contributed by atoms with Crippen molar-refractivity contribution in [2.45, 2.75) is 60.4 Å². The third-order valence-electron chi connectivity index (χ3n) is 3.63. The molecule has 0 heterocycles. The van der Waals surface area contributed by atoms with Crippen molar-refractivity contribution in [3.05, 3.63) is 47.6 Å². The smallest absolute Gasteiger partial charge is 0.336 e. The number of carbonyl (C=O) groups is 3. The van der Waals surface area contributed by atoms with Crippen LogP contribution in [0.2, 0.25) is 0 Å². The summed E-state index contributed by atoms with van der Waals surface area (Å²) >= 11 is 0. The Hall–Kier alpha value is -2.63. The van der Waals surface area contributed by atoms with E-state index in [0.717, 1.165) is 0 Å². The summed E-state index contributed by atoms with van der Waals surface area (Å²) in [5, 5.41) is 0. The second-order valence-electron chi connectivity index (χ2n) is 6.46. The average molecular weight is 364 g/mol. The second kappa shape index (κ2) is 9.17. The van der Waals surface area contributed by atoms with Crippen LogP contribution in [0.25, 0.3) is 0 Å². The van der Waals surface area contributed by atoms with Crippen LogP contribution in [0.15, 0.2) is 47.6 Å². The van der Waals surface area contributed by atoms with Crippen LogP contribution in [0, 0.1) is 0 Å². The molecule has 0 radical (unpaired) electrons. The molecular formula is C20H28O6. The Morgan fingerprint density at radius 1 is 0.731 bits per heavy atom. The normalized spacial score (nSPS) is 11.7. The molecule has 6 nitrogen and oxygen atoms in total. The van der Waals surface area contributed by atoms with Gasteiger partial charge in [-0.1, -0.05) is 25.3 Å². The Labute approximate surface area is 155 Å². The Balaban J connectivity index is 6.38. The van der Waals surface area contributed by atoms with Gasteiger partial charge in [0.25, 0.3) is 0 Å². The van der Waals surface area contributed by atoms with Gasteiger partial charge in [-0.05, 0) is 48.5 Å². The summed E-state index contributed by atoms with van der Waals surface area (Å²) in [4.78, 5) is 36.5. The van der Waals surface area contributed by atoms with Crippen molar-refractivity contribution in [3.8, 4) is 0 Å². The Morgan fingerprint density at radius 2 is 1.08 bits per heavy atom. The number of allylic oxidation sites excluding steroid dienone is 1. The molecule has 0 saturated carbocycles. The molecule has 0 N–H and O–H groups in total. The standard InChI is InChI=1S/C20H28O6/c1-11(2)15(9)20(25-18(22)13(5)6,26-19(23)14(7)8)16(10)24-17(21)12(3)4/h16H,3,5,7H2,1-2,4,6,8-10H3. The molecule has 0 aliphatic heterocycles. The molecule has 144 valence electrons. The first-order valence-corrected chi connectivity index (χ1v) is 8.05. The van der Waals surface area contributed by atoms with Gasteiger partial charge in [0.1, 0.15) is 0 Å². The summed E-state index contributed by atoms with van der Waals surface area (Å²) in [6.07, 6.45) is -1.15. The van der Waals surface area contributed by atoms with Gasteiger partial charge in [-0.15, -0.1) is 0 Å². The van der Waals surface area contributed by atoms with Crippen LogP contribution >= 0.6 is 0 Å². The summed E-state index contributed by atoms with van der Waals surface area (Å²) in [5.41, 5.74) is 1.47. The van der Waals surface area contributed by atoms with E-state index in [2.05, 4.69) is 19.7 Å². The van der Waals surface area contributed by atoms with Crippen molar-refractivity contribution in [1.29, 1.82) is 0 Å². The molecule has 0 aliphatic rings. The molecule has 0 aliphatic carbocycles. The number of esters is 3. The third-order valence-corrected chi connectivity index (χ3v) is 3.63. The van der Waals surface area contributed by atoms with E-state index in [4.69, 9.17) is 14.2 Å². The van der Waals surface area contributed by atoms with E-state index < -0.39 is 29.8 Å². The van der Waals surface area contributed by atoms with Crippen LogP contribution in [0.3, 0.4) is 0 Å². The van der Waals surface area contributed by atoms with Crippen LogP contribution < -0.4 is 0 Å². The fraction of sp³-hybridized carbons (Fsp3) is 0.450. The molecule has 0 amide bonds. The predicted octanol–water partition coefficient (Wildman–Crippen LogP) is 3.79. The Kier molecular flexibility index (Phi) is 8.25. The zero-order valence-corrected chi connectivity index (χ0v) is 16.6. The first-order chi connectivity index (χ1) is 11.8. The van der Waals surface area contributed by atoms with E-state index in [-0.39, 0.29) is 16.7 Å². The first kappa shape index (κ1) is 23.4. The number of hydrogen-bond acceptors (Lipinski definition) is 6. The molecule has 1 atom stereocenters. The van der Waals surface area contributed by atoms with Gasteiger partial charge in [0, 0.05) is 22.3 Å². The summed E-state index contributed by atoms with van der Waals surface area (Å²) in [6.45, 7) is 21.6. The molecule has 26 heavy (non-hydrogen) atoms. The van der Waals surface area contributed by atoms with Crippen LogP contribution in [-0.4, -0.2) is 29.8 Å². The fourth-order valence-electron chi connectivity index (χ4n) is 1.78. The molecule has 0 bridgehead atoms. The maximum Gasteiger partial charge on any atom is 0.336 e. The number of hydrogen-bond donors (Lipinski definition) is 0. The van der Waals surface area contributed by atoms with Crippen molar-refractivity contribution in [2.24, 2.45) is 0 Å². The molecular weight excluding hydrogens is 336 g/mol. The molecule has 0 aromatic rings. The van der Waals surface area contributed by atoms with Crippen LogP contribution in [0.5, 0.6) is 0 Å². The van der Waals surface area contributed by atoms with E-state index in [1.54, 1.807) is 20.8 Å². The monoisotopic (exact) mass is 364 g/mol. The number of carbonyl (C=O) groups excluding carboxylic acids is 3. The summed E-state index contributed by atoms with van der Waals surface area (Å²) in [6, 6.07) is 0. The minimum atomic E-state index is -1.96. The third kappa shape index (κ3) is 5.72. The van der Waals surface area contributed by atoms with Gasteiger partial charge in [-0.3, -0.25) is 0 Å². The van der Waals surface area contributed by atoms with E-state index >= 15 is 0 Å². The van der Waals surface area contributed by atoms with Gasteiger partial charge in [0.15, 0.2) is 6.10 Å². The molecule has 0 fully saturated rings. The second-order valence-corrected chi connectivity index (χ2v) is 6.46. The quantitative estimate of drug-likeness (QED) is 0.282. The minimum absolute atomic E-state index is 0.0979. The fourth-order valence-corrected chi connectivity index (χ4v) is 1.78. The van der Waals surface area contributed by atoms with Gasteiger partial charge >= 0.3 is 23.7 Å². The van der Waals surface area contributed by atoms with Crippen molar-refractivity contribution in [2.75, 3.05) is 0 Å². The van der Waals surface area contributed by atoms with Crippen molar-refractivity contribution in [1.82, 2.24) is 0 Å². The van der Waals surface area contributed by atoms with E-state index in [9.17, 15) is 14.4 Å². The predicted molar refractivity (Wildman–Crippen MR) is 99.0 cm³/mol. The SMILES string of the molecule is C=C(C)C(=O)OC(C)C(OC(=O)C(=C)C)(OC(=O)C(=C)C)C(C)=C(C)C. The van der Waals surface area contributed by atoms with E-state index in [0.29, 0.717) is 11.1 Å². The summed E-state index contributed by atoms with van der Waals surface area (Å²) in [5.74, 6) is -4.26. The van der Waals surface area contributed by atoms with Crippen LogP contribution in [-0.2, 0) is 28.6 Å². The van der Waals surface area contributed by atoms with E-state index in [1.807, 2.05) is 0 Å². The molecule has 0 aromatic carbocycles. The Morgan fingerprint density at radius 3 is 1.35 bits per heavy atom.